The van der Waals surface area contributed by atoms with Gasteiger partial charge in [-0.15, -0.1) is 21.5 Å². The number of rotatable bonds is 7. The number of piperazine rings is 1. The van der Waals surface area contributed by atoms with Gasteiger partial charge in [0.2, 0.25) is 0 Å². The molecule has 0 spiro atoms. The van der Waals surface area contributed by atoms with E-state index in [4.69, 9.17) is 11.6 Å². The average Bonchev–Trinajstić information content (AvgIpc) is 3.55. The zero-order valence-corrected chi connectivity index (χ0v) is 22.0. The van der Waals surface area contributed by atoms with Gasteiger partial charge in [0.25, 0.3) is 5.91 Å². The van der Waals surface area contributed by atoms with E-state index in [0.717, 1.165) is 24.6 Å². The monoisotopic (exact) mass is 542 g/mol. The number of likely N-dealkylation sites (N-methyl/N-ethyl adjacent to an activating group) is 1. The van der Waals surface area contributed by atoms with Crippen molar-refractivity contribution in [2.75, 3.05) is 32.7 Å². The molecule has 1 fully saturated rings. The summed E-state index contributed by atoms with van der Waals surface area (Å²) < 4.78 is 16.5. The summed E-state index contributed by atoms with van der Waals surface area (Å²) in [6.07, 6.45) is 0. The van der Waals surface area contributed by atoms with Gasteiger partial charge in [0.1, 0.15) is 16.5 Å². The van der Waals surface area contributed by atoms with Crippen LogP contribution in [0.4, 0.5) is 4.39 Å². The Morgan fingerprint density at radius 1 is 1.08 bits per heavy atom. The number of hydrogen-bond donors (Lipinski definition) is 0. The zero-order chi connectivity index (χ0) is 25.1. The Morgan fingerprint density at radius 3 is 2.58 bits per heavy atom. The number of thioether (sulfide) groups is 1. The largest absolute Gasteiger partial charge is 0.335 e. The SMILES string of the molecule is CCN1CCN(C(=O)c2csc(CSc3nnc(-c4ccccc4Cl)n3-c3ccccc3F)n2)CC1. The van der Waals surface area contributed by atoms with Crippen LogP contribution >= 0.6 is 34.7 Å². The number of amides is 1. The van der Waals surface area contributed by atoms with E-state index in [0.29, 0.717) is 51.8 Å². The highest BCUT2D eigenvalue weighted by Gasteiger charge is 2.24. The number of para-hydroxylation sites is 1. The van der Waals surface area contributed by atoms with Gasteiger partial charge in [-0.2, -0.15) is 0 Å². The molecule has 1 aliphatic rings. The van der Waals surface area contributed by atoms with Crippen molar-refractivity contribution in [3.8, 4) is 17.1 Å². The van der Waals surface area contributed by atoms with Gasteiger partial charge in [0.15, 0.2) is 11.0 Å². The van der Waals surface area contributed by atoms with E-state index in [-0.39, 0.29) is 5.91 Å². The molecule has 0 N–H and O–H groups in total. The molecule has 0 bridgehead atoms. The molecule has 1 aliphatic heterocycles. The predicted molar refractivity (Wildman–Crippen MR) is 141 cm³/mol. The first-order valence-electron chi connectivity index (χ1n) is 11.6. The highest BCUT2D eigenvalue weighted by Crippen LogP contribution is 2.34. The Hall–Kier alpha value is -2.79. The number of carbonyl (C=O) groups is 1. The van der Waals surface area contributed by atoms with Crippen LogP contribution in [0.2, 0.25) is 5.02 Å². The number of benzene rings is 2. The van der Waals surface area contributed by atoms with Crippen LogP contribution < -0.4 is 0 Å². The summed E-state index contributed by atoms with van der Waals surface area (Å²) in [7, 11) is 0. The third kappa shape index (κ3) is 5.17. The predicted octanol–water partition coefficient (Wildman–Crippen LogP) is 5.25. The standard InChI is InChI=1S/C25H24ClFN6OS2/c1-2-31-11-13-32(14-12-31)24(34)20-15-35-22(28-20)16-36-25-30-29-23(17-7-3-4-8-18(17)26)33(25)21-10-6-5-9-19(21)27/h3-10,15H,2,11-14,16H2,1H3. The van der Waals surface area contributed by atoms with Crippen molar-refractivity contribution in [3.05, 3.63) is 75.5 Å². The Bertz CT molecular complexity index is 1370. The summed E-state index contributed by atoms with van der Waals surface area (Å²) in [6.45, 7) is 6.32. The lowest BCUT2D eigenvalue weighted by molar-refractivity contribution is 0.0638. The van der Waals surface area contributed by atoms with Gasteiger partial charge in [-0.1, -0.05) is 54.6 Å². The molecule has 1 amide bonds. The molecule has 4 aromatic rings. The van der Waals surface area contributed by atoms with E-state index in [1.54, 1.807) is 34.2 Å². The molecular weight excluding hydrogens is 519 g/mol. The zero-order valence-electron chi connectivity index (χ0n) is 19.6. The minimum atomic E-state index is -0.391. The number of thiazole rings is 1. The molecule has 2 aromatic heterocycles. The normalized spacial score (nSPS) is 14.4. The lowest BCUT2D eigenvalue weighted by Gasteiger charge is -2.33. The molecule has 0 aliphatic carbocycles. The molecule has 36 heavy (non-hydrogen) atoms. The van der Waals surface area contributed by atoms with Gasteiger partial charge in [0, 0.05) is 37.1 Å². The first-order valence-corrected chi connectivity index (χ1v) is 13.8. The second-order valence-electron chi connectivity index (χ2n) is 8.21. The van der Waals surface area contributed by atoms with Crippen LogP contribution in [0, 0.1) is 5.82 Å². The van der Waals surface area contributed by atoms with Crippen LogP contribution in [-0.2, 0) is 5.75 Å². The molecule has 0 atom stereocenters. The first-order chi connectivity index (χ1) is 17.5. The fraction of sp³-hybridized carbons (Fsp3) is 0.280. The molecule has 0 unspecified atom stereocenters. The molecule has 0 saturated carbocycles. The molecule has 1 saturated heterocycles. The minimum absolute atomic E-state index is 0.0335. The summed E-state index contributed by atoms with van der Waals surface area (Å²) in [6, 6.07) is 13.8. The Balaban J connectivity index is 1.37. The maximum atomic E-state index is 14.8. The second kappa shape index (κ2) is 11.1. The summed E-state index contributed by atoms with van der Waals surface area (Å²) in [5.41, 5.74) is 1.46. The van der Waals surface area contributed by atoms with Crippen LogP contribution in [0.15, 0.2) is 59.1 Å². The highest BCUT2D eigenvalue weighted by molar-refractivity contribution is 7.98. The van der Waals surface area contributed by atoms with E-state index in [1.165, 1.54) is 29.2 Å². The fourth-order valence-electron chi connectivity index (χ4n) is 4.06. The minimum Gasteiger partial charge on any atom is -0.335 e. The van der Waals surface area contributed by atoms with Crippen molar-refractivity contribution in [1.29, 1.82) is 0 Å². The third-order valence-electron chi connectivity index (χ3n) is 6.04. The van der Waals surface area contributed by atoms with Crippen LogP contribution in [0.3, 0.4) is 0 Å². The molecule has 3 heterocycles. The molecule has 186 valence electrons. The summed E-state index contributed by atoms with van der Waals surface area (Å²) in [5, 5.41) is 12.3. The van der Waals surface area contributed by atoms with Crippen LogP contribution in [0.1, 0.15) is 22.4 Å². The number of nitrogens with zero attached hydrogens (tertiary/aromatic N) is 6. The van der Waals surface area contributed by atoms with E-state index < -0.39 is 5.82 Å². The molecule has 2 aromatic carbocycles. The maximum Gasteiger partial charge on any atom is 0.273 e. The maximum absolute atomic E-state index is 14.8. The molecular formula is C25H24ClFN6OS2. The fourth-order valence-corrected chi connectivity index (χ4v) is 6.01. The molecule has 11 heteroatoms. The molecule has 0 radical (unpaired) electrons. The van der Waals surface area contributed by atoms with Crippen molar-refractivity contribution >= 4 is 40.6 Å². The number of aromatic nitrogens is 4. The Kier molecular flexibility index (Phi) is 7.66. The average molecular weight is 543 g/mol. The van der Waals surface area contributed by atoms with Crippen molar-refractivity contribution in [2.45, 2.75) is 17.8 Å². The van der Waals surface area contributed by atoms with E-state index in [9.17, 15) is 9.18 Å². The van der Waals surface area contributed by atoms with E-state index in [1.807, 2.05) is 23.1 Å². The second-order valence-corrected chi connectivity index (χ2v) is 10.5. The van der Waals surface area contributed by atoms with E-state index >= 15 is 0 Å². The molecule has 5 rings (SSSR count). The van der Waals surface area contributed by atoms with Gasteiger partial charge in [0.05, 0.1) is 16.5 Å². The van der Waals surface area contributed by atoms with Crippen LogP contribution in [0.25, 0.3) is 17.1 Å². The van der Waals surface area contributed by atoms with Gasteiger partial charge >= 0.3 is 0 Å². The summed E-state index contributed by atoms with van der Waals surface area (Å²) in [5.74, 6) is 0.498. The van der Waals surface area contributed by atoms with Crippen molar-refractivity contribution < 1.29 is 9.18 Å². The van der Waals surface area contributed by atoms with Crippen LogP contribution in [0.5, 0.6) is 0 Å². The topological polar surface area (TPSA) is 67.2 Å². The smallest absolute Gasteiger partial charge is 0.273 e. The highest BCUT2D eigenvalue weighted by atomic mass is 35.5. The number of hydrogen-bond acceptors (Lipinski definition) is 7. The third-order valence-corrected chi connectivity index (χ3v) is 8.35. The first kappa shape index (κ1) is 24.9. The lowest BCUT2D eigenvalue weighted by Crippen LogP contribution is -2.48. The van der Waals surface area contributed by atoms with Crippen LogP contribution in [-0.4, -0.2) is 68.2 Å². The molecule has 7 nitrogen and oxygen atoms in total. The van der Waals surface area contributed by atoms with Crippen molar-refractivity contribution in [1.82, 2.24) is 29.5 Å². The van der Waals surface area contributed by atoms with Crippen molar-refractivity contribution in [2.24, 2.45) is 0 Å². The van der Waals surface area contributed by atoms with Gasteiger partial charge in [-0.25, -0.2) is 9.37 Å². The quantitative estimate of drug-likeness (QED) is 0.297. The summed E-state index contributed by atoms with van der Waals surface area (Å²) >= 11 is 9.24. The van der Waals surface area contributed by atoms with E-state index in [2.05, 4.69) is 27.0 Å². The lowest BCUT2D eigenvalue weighted by atomic mass is 10.2. The Labute approximate surface area is 221 Å². The van der Waals surface area contributed by atoms with Gasteiger partial charge < -0.3 is 9.80 Å². The van der Waals surface area contributed by atoms with Crippen molar-refractivity contribution in [3.63, 3.8) is 0 Å². The van der Waals surface area contributed by atoms with Gasteiger partial charge in [-0.05, 0) is 30.8 Å². The Morgan fingerprint density at radius 2 is 1.83 bits per heavy atom. The number of carbonyl (C=O) groups excluding carboxylic acids is 1. The van der Waals surface area contributed by atoms with Gasteiger partial charge in [-0.3, -0.25) is 9.36 Å². The summed E-state index contributed by atoms with van der Waals surface area (Å²) in [4.78, 5) is 21.7. The number of halogens is 2.